The Bertz CT molecular complexity index is 545. The lowest BCUT2D eigenvalue weighted by Gasteiger charge is -2.17. The fourth-order valence-corrected chi connectivity index (χ4v) is 2.40. The normalized spacial score (nSPS) is 12.2. The van der Waals surface area contributed by atoms with E-state index in [9.17, 15) is 0 Å². The lowest BCUT2D eigenvalue weighted by molar-refractivity contribution is 0.393. The van der Waals surface area contributed by atoms with Crippen LogP contribution >= 0.6 is 22.6 Å². The summed E-state index contributed by atoms with van der Waals surface area (Å²) in [4.78, 5) is 8.42. The van der Waals surface area contributed by atoms with Gasteiger partial charge in [0.15, 0.2) is 0 Å². The number of methoxy groups -OCH3 is 1. The molecule has 1 N–H and O–H groups in total. The molecule has 5 heteroatoms. The SMILES string of the molecule is CCNC(Cc1ccc(I)cc1)c1cc(OC)ncn1. The second-order valence-corrected chi connectivity index (χ2v) is 5.67. The van der Waals surface area contributed by atoms with Gasteiger partial charge in [-0.1, -0.05) is 19.1 Å². The molecule has 0 saturated heterocycles. The van der Waals surface area contributed by atoms with Gasteiger partial charge < -0.3 is 10.1 Å². The fraction of sp³-hybridized carbons (Fsp3) is 0.333. The van der Waals surface area contributed by atoms with Crippen LogP contribution < -0.4 is 10.1 Å². The highest BCUT2D eigenvalue weighted by Gasteiger charge is 2.13. The van der Waals surface area contributed by atoms with Crippen molar-refractivity contribution < 1.29 is 4.74 Å². The minimum Gasteiger partial charge on any atom is -0.481 e. The summed E-state index contributed by atoms with van der Waals surface area (Å²) in [6.45, 7) is 2.99. The average molecular weight is 383 g/mol. The van der Waals surface area contributed by atoms with E-state index in [1.54, 1.807) is 13.4 Å². The van der Waals surface area contributed by atoms with Crippen molar-refractivity contribution in [1.29, 1.82) is 0 Å². The van der Waals surface area contributed by atoms with Crippen LogP contribution in [0.15, 0.2) is 36.7 Å². The van der Waals surface area contributed by atoms with E-state index in [0.717, 1.165) is 18.7 Å². The first-order chi connectivity index (χ1) is 9.72. The molecule has 0 aliphatic rings. The molecule has 0 amide bonds. The molecule has 4 nitrogen and oxygen atoms in total. The van der Waals surface area contributed by atoms with Crippen LogP contribution in [-0.2, 0) is 6.42 Å². The fourth-order valence-electron chi connectivity index (χ4n) is 2.04. The molecule has 2 aromatic rings. The molecule has 1 unspecified atom stereocenters. The van der Waals surface area contributed by atoms with E-state index in [1.807, 2.05) is 6.07 Å². The lowest BCUT2D eigenvalue weighted by Crippen LogP contribution is -2.24. The molecule has 0 saturated carbocycles. The standard InChI is InChI=1S/C15H18IN3O/c1-3-17-13(8-11-4-6-12(16)7-5-11)14-9-15(20-2)19-10-18-14/h4-7,9-10,13,17H,3,8H2,1-2H3. The third-order valence-electron chi connectivity index (χ3n) is 3.03. The molecular formula is C15H18IN3O. The van der Waals surface area contributed by atoms with Gasteiger partial charge in [0.25, 0.3) is 0 Å². The number of nitrogens with one attached hydrogen (secondary N) is 1. The monoisotopic (exact) mass is 383 g/mol. The minimum absolute atomic E-state index is 0.164. The summed E-state index contributed by atoms with van der Waals surface area (Å²) in [5, 5.41) is 3.47. The van der Waals surface area contributed by atoms with E-state index in [0.29, 0.717) is 5.88 Å². The van der Waals surface area contributed by atoms with E-state index >= 15 is 0 Å². The zero-order chi connectivity index (χ0) is 14.4. The van der Waals surface area contributed by atoms with Crippen molar-refractivity contribution in [2.45, 2.75) is 19.4 Å². The Hall–Kier alpha value is -1.21. The Labute approximate surface area is 133 Å². The van der Waals surface area contributed by atoms with Crippen molar-refractivity contribution in [3.63, 3.8) is 0 Å². The van der Waals surface area contributed by atoms with Crippen LogP contribution in [0.4, 0.5) is 0 Å². The van der Waals surface area contributed by atoms with Crippen molar-refractivity contribution in [3.05, 3.63) is 51.5 Å². The number of ether oxygens (including phenoxy) is 1. The van der Waals surface area contributed by atoms with Crippen LogP contribution in [0.25, 0.3) is 0 Å². The van der Waals surface area contributed by atoms with Gasteiger partial charge in [-0.3, -0.25) is 0 Å². The predicted molar refractivity (Wildman–Crippen MR) is 87.9 cm³/mol. The van der Waals surface area contributed by atoms with Crippen molar-refractivity contribution in [1.82, 2.24) is 15.3 Å². The van der Waals surface area contributed by atoms with E-state index in [1.165, 1.54) is 9.13 Å². The maximum atomic E-state index is 5.17. The molecule has 0 bridgehead atoms. The second kappa shape index (κ2) is 7.54. The summed E-state index contributed by atoms with van der Waals surface area (Å²) in [7, 11) is 1.62. The second-order valence-electron chi connectivity index (χ2n) is 4.43. The first-order valence-electron chi connectivity index (χ1n) is 6.56. The number of likely N-dealkylation sites (N-methyl/N-ethyl adjacent to an activating group) is 1. The lowest BCUT2D eigenvalue weighted by atomic mass is 10.0. The summed E-state index contributed by atoms with van der Waals surface area (Å²) in [5.74, 6) is 0.598. The van der Waals surface area contributed by atoms with Crippen LogP contribution in [0.1, 0.15) is 24.2 Å². The van der Waals surface area contributed by atoms with Gasteiger partial charge in [0.1, 0.15) is 6.33 Å². The summed E-state index contributed by atoms with van der Waals surface area (Å²) < 4.78 is 6.41. The molecule has 1 atom stereocenters. The van der Waals surface area contributed by atoms with Crippen molar-refractivity contribution in [2.24, 2.45) is 0 Å². The third-order valence-corrected chi connectivity index (χ3v) is 3.75. The van der Waals surface area contributed by atoms with Gasteiger partial charge in [0.05, 0.1) is 18.8 Å². The summed E-state index contributed by atoms with van der Waals surface area (Å²) >= 11 is 2.31. The Morgan fingerprint density at radius 3 is 2.65 bits per heavy atom. The van der Waals surface area contributed by atoms with Gasteiger partial charge >= 0.3 is 0 Å². The van der Waals surface area contributed by atoms with Gasteiger partial charge in [-0.25, -0.2) is 9.97 Å². The van der Waals surface area contributed by atoms with Crippen LogP contribution in [0.2, 0.25) is 0 Å². The van der Waals surface area contributed by atoms with Gasteiger partial charge in [0.2, 0.25) is 5.88 Å². The topological polar surface area (TPSA) is 47.0 Å². The molecule has 0 spiro atoms. The highest BCUT2D eigenvalue weighted by atomic mass is 127. The van der Waals surface area contributed by atoms with Crippen LogP contribution in [0.3, 0.4) is 0 Å². The van der Waals surface area contributed by atoms with E-state index in [-0.39, 0.29) is 6.04 Å². The van der Waals surface area contributed by atoms with Crippen molar-refractivity contribution in [3.8, 4) is 5.88 Å². The number of halogens is 1. The van der Waals surface area contributed by atoms with E-state index in [2.05, 4.69) is 69.1 Å². The molecule has 0 fully saturated rings. The molecular weight excluding hydrogens is 365 g/mol. The molecule has 1 heterocycles. The Morgan fingerprint density at radius 1 is 1.25 bits per heavy atom. The Morgan fingerprint density at radius 2 is 2.00 bits per heavy atom. The maximum Gasteiger partial charge on any atom is 0.216 e. The van der Waals surface area contributed by atoms with Gasteiger partial charge in [-0.15, -0.1) is 0 Å². The number of nitrogens with zero attached hydrogens (tertiary/aromatic N) is 2. The largest absolute Gasteiger partial charge is 0.481 e. The summed E-state index contributed by atoms with van der Waals surface area (Å²) in [5.41, 5.74) is 2.24. The molecule has 0 aliphatic heterocycles. The highest BCUT2D eigenvalue weighted by molar-refractivity contribution is 14.1. The third kappa shape index (κ3) is 4.14. The minimum atomic E-state index is 0.164. The molecule has 0 radical (unpaired) electrons. The molecule has 0 aliphatic carbocycles. The quantitative estimate of drug-likeness (QED) is 0.780. The first-order valence-corrected chi connectivity index (χ1v) is 7.64. The number of rotatable bonds is 6. The predicted octanol–water partition coefficient (Wildman–Crippen LogP) is 2.98. The van der Waals surface area contributed by atoms with Crippen molar-refractivity contribution in [2.75, 3.05) is 13.7 Å². The first kappa shape index (κ1) is 15.2. The number of hydrogen-bond donors (Lipinski definition) is 1. The van der Waals surface area contributed by atoms with E-state index in [4.69, 9.17) is 4.74 Å². The Kier molecular flexibility index (Phi) is 5.72. The van der Waals surface area contributed by atoms with Crippen LogP contribution in [0, 0.1) is 3.57 Å². The molecule has 1 aromatic carbocycles. The zero-order valence-corrected chi connectivity index (χ0v) is 13.8. The van der Waals surface area contributed by atoms with Crippen LogP contribution in [-0.4, -0.2) is 23.6 Å². The number of benzene rings is 1. The summed E-state index contributed by atoms with van der Waals surface area (Å²) in [6.07, 6.45) is 2.44. The summed E-state index contributed by atoms with van der Waals surface area (Å²) in [6, 6.07) is 10.6. The number of aromatic nitrogens is 2. The average Bonchev–Trinajstić information content (AvgIpc) is 2.49. The Balaban J connectivity index is 2.19. The van der Waals surface area contributed by atoms with Gasteiger partial charge in [0, 0.05) is 9.64 Å². The maximum absolute atomic E-state index is 5.17. The smallest absolute Gasteiger partial charge is 0.216 e. The van der Waals surface area contributed by atoms with Crippen molar-refractivity contribution >= 4 is 22.6 Å². The molecule has 1 aromatic heterocycles. The molecule has 2 rings (SSSR count). The van der Waals surface area contributed by atoms with Gasteiger partial charge in [-0.2, -0.15) is 0 Å². The molecule has 20 heavy (non-hydrogen) atoms. The van der Waals surface area contributed by atoms with Crippen LogP contribution in [0.5, 0.6) is 5.88 Å². The van der Waals surface area contributed by atoms with E-state index < -0.39 is 0 Å². The number of hydrogen-bond acceptors (Lipinski definition) is 4. The zero-order valence-electron chi connectivity index (χ0n) is 11.6. The molecule has 106 valence electrons. The van der Waals surface area contributed by atoms with Gasteiger partial charge in [-0.05, 0) is 53.3 Å². The highest BCUT2D eigenvalue weighted by Crippen LogP contribution is 2.19.